The molecule has 0 aliphatic rings. The Morgan fingerprint density at radius 2 is 1.40 bits per heavy atom. The van der Waals surface area contributed by atoms with Gasteiger partial charge in [0.25, 0.3) is 25.8 Å². The Hall–Kier alpha value is -2.65. The molecule has 35 heavy (non-hydrogen) atoms. The van der Waals surface area contributed by atoms with E-state index in [0.717, 1.165) is 35.6 Å². The summed E-state index contributed by atoms with van der Waals surface area (Å²) >= 11 is 0. The summed E-state index contributed by atoms with van der Waals surface area (Å²) in [4.78, 5) is 10.8. The predicted octanol–water partition coefficient (Wildman–Crippen LogP) is -0.891. The SMILES string of the molecule is Cc1c(N)c(=O)n(-c2ccccc2)n1C.O=S(=O)(O)c1ccc2c(O)cc(S(=O)(=O)O)cc2c1.[Na+]. The Morgan fingerprint density at radius 1 is 0.857 bits per heavy atom. The second kappa shape index (κ2) is 10.5. The van der Waals surface area contributed by atoms with Crippen molar-refractivity contribution in [1.82, 2.24) is 9.36 Å². The second-order valence-corrected chi connectivity index (χ2v) is 10.1. The quantitative estimate of drug-likeness (QED) is 0.193. The molecule has 14 heteroatoms. The van der Waals surface area contributed by atoms with Crippen molar-refractivity contribution in [3.05, 3.63) is 76.7 Å². The molecule has 1 aromatic heterocycles. The average Bonchev–Trinajstić information content (AvgIpc) is 2.96. The first-order valence-electron chi connectivity index (χ1n) is 9.53. The molecule has 0 saturated carbocycles. The van der Waals surface area contributed by atoms with Crippen LogP contribution in [0.5, 0.6) is 5.75 Å². The van der Waals surface area contributed by atoms with E-state index in [1.807, 2.05) is 44.3 Å². The van der Waals surface area contributed by atoms with Crippen LogP contribution in [0.1, 0.15) is 5.69 Å². The van der Waals surface area contributed by atoms with Crippen LogP contribution in [0.3, 0.4) is 0 Å². The van der Waals surface area contributed by atoms with Crippen molar-refractivity contribution in [1.29, 1.82) is 0 Å². The number of anilines is 1. The van der Waals surface area contributed by atoms with E-state index in [-0.39, 0.29) is 45.9 Å². The van der Waals surface area contributed by atoms with Gasteiger partial charge in [0.15, 0.2) is 0 Å². The topological polar surface area (TPSA) is 182 Å². The van der Waals surface area contributed by atoms with E-state index in [0.29, 0.717) is 5.69 Å². The van der Waals surface area contributed by atoms with Gasteiger partial charge in [0.05, 0.1) is 21.2 Å². The van der Waals surface area contributed by atoms with E-state index >= 15 is 0 Å². The number of rotatable bonds is 3. The van der Waals surface area contributed by atoms with Crippen LogP contribution in [-0.2, 0) is 27.3 Å². The van der Waals surface area contributed by atoms with Crippen LogP contribution in [0.2, 0.25) is 0 Å². The minimum atomic E-state index is -4.54. The number of phenolic OH excluding ortho intramolecular Hbond substituents is 1. The molecule has 0 spiro atoms. The molecule has 3 aromatic carbocycles. The van der Waals surface area contributed by atoms with Gasteiger partial charge in [0, 0.05) is 18.5 Å². The van der Waals surface area contributed by atoms with Gasteiger partial charge in [0.2, 0.25) is 0 Å². The number of aromatic nitrogens is 2. The molecule has 5 N–H and O–H groups in total. The van der Waals surface area contributed by atoms with Gasteiger partial charge in [-0.3, -0.25) is 18.6 Å². The number of fused-ring (bicyclic) bond motifs is 1. The zero-order valence-electron chi connectivity index (χ0n) is 18.9. The van der Waals surface area contributed by atoms with Crippen molar-refractivity contribution in [3.8, 4) is 11.4 Å². The molecule has 180 valence electrons. The van der Waals surface area contributed by atoms with Gasteiger partial charge in [-0.1, -0.05) is 18.2 Å². The summed E-state index contributed by atoms with van der Waals surface area (Å²) in [7, 11) is -7.17. The Bertz CT molecular complexity index is 1660. The minimum Gasteiger partial charge on any atom is -0.507 e. The van der Waals surface area contributed by atoms with Crippen LogP contribution in [0.4, 0.5) is 5.69 Å². The Kier molecular flexibility index (Phi) is 8.61. The molecule has 0 amide bonds. The molecule has 0 aliphatic heterocycles. The van der Waals surface area contributed by atoms with E-state index in [4.69, 9.17) is 14.8 Å². The third kappa shape index (κ3) is 6.13. The third-order valence-corrected chi connectivity index (χ3v) is 6.75. The third-order valence-electron chi connectivity index (χ3n) is 5.07. The van der Waals surface area contributed by atoms with Crippen LogP contribution >= 0.6 is 0 Å². The second-order valence-electron chi connectivity index (χ2n) is 7.25. The number of nitrogens with zero attached hydrogens (tertiary/aromatic N) is 2. The summed E-state index contributed by atoms with van der Waals surface area (Å²) in [5, 5.41) is 9.85. The fourth-order valence-electron chi connectivity index (χ4n) is 3.20. The summed E-state index contributed by atoms with van der Waals surface area (Å²) < 4.78 is 65.0. The molecule has 0 saturated heterocycles. The molecule has 0 bridgehead atoms. The first-order valence-corrected chi connectivity index (χ1v) is 12.4. The van der Waals surface area contributed by atoms with Gasteiger partial charge in [-0.15, -0.1) is 0 Å². The Labute approximate surface area is 223 Å². The van der Waals surface area contributed by atoms with E-state index in [9.17, 15) is 26.7 Å². The Balaban J connectivity index is 0.000000246. The van der Waals surface area contributed by atoms with Crippen molar-refractivity contribution in [2.75, 3.05) is 5.73 Å². The van der Waals surface area contributed by atoms with Gasteiger partial charge in [0.1, 0.15) is 11.4 Å². The number of hydrogen-bond donors (Lipinski definition) is 4. The number of benzene rings is 3. The number of aromatic hydroxyl groups is 1. The van der Waals surface area contributed by atoms with E-state index in [1.54, 1.807) is 9.36 Å². The molecule has 11 nitrogen and oxygen atoms in total. The zero-order chi connectivity index (χ0) is 25.4. The number of hydrogen-bond acceptors (Lipinski definition) is 7. The van der Waals surface area contributed by atoms with Crippen LogP contribution in [0.25, 0.3) is 16.5 Å². The first-order chi connectivity index (χ1) is 15.7. The number of para-hydroxylation sites is 1. The smallest absolute Gasteiger partial charge is 0.507 e. The fourth-order valence-corrected chi connectivity index (χ4v) is 4.25. The zero-order valence-corrected chi connectivity index (χ0v) is 22.6. The van der Waals surface area contributed by atoms with E-state index in [2.05, 4.69) is 0 Å². The summed E-state index contributed by atoms with van der Waals surface area (Å²) in [6, 6.07) is 14.5. The molecular weight excluding hydrogens is 509 g/mol. The van der Waals surface area contributed by atoms with Crippen molar-refractivity contribution in [2.45, 2.75) is 16.7 Å². The molecular formula is C21H21N3NaO8S2+. The van der Waals surface area contributed by atoms with Gasteiger partial charge in [-0.25, -0.2) is 4.68 Å². The van der Waals surface area contributed by atoms with Gasteiger partial charge in [-0.2, -0.15) is 16.8 Å². The van der Waals surface area contributed by atoms with Crippen LogP contribution in [-0.4, -0.2) is 40.4 Å². The van der Waals surface area contributed by atoms with Gasteiger partial charge < -0.3 is 10.8 Å². The van der Waals surface area contributed by atoms with Crippen molar-refractivity contribution < 1.29 is 60.6 Å². The summed E-state index contributed by atoms with van der Waals surface area (Å²) in [5.74, 6) is -0.438. The largest absolute Gasteiger partial charge is 1.00 e. The van der Waals surface area contributed by atoms with Gasteiger partial charge in [-0.05, 0) is 48.7 Å². The summed E-state index contributed by atoms with van der Waals surface area (Å²) in [6.07, 6.45) is 0. The average molecular weight is 531 g/mol. The van der Waals surface area contributed by atoms with E-state index < -0.39 is 35.8 Å². The molecule has 0 atom stereocenters. The Morgan fingerprint density at radius 3 is 1.89 bits per heavy atom. The molecule has 0 unspecified atom stereocenters. The van der Waals surface area contributed by atoms with Crippen molar-refractivity contribution in [2.24, 2.45) is 7.05 Å². The van der Waals surface area contributed by atoms with Crippen LogP contribution in [0, 0.1) is 6.92 Å². The monoisotopic (exact) mass is 530 g/mol. The molecule has 0 radical (unpaired) electrons. The molecule has 0 aliphatic carbocycles. The first kappa shape index (κ1) is 28.6. The van der Waals surface area contributed by atoms with Crippen LogP contribution < -0.4 is 40.9 Å². The number of nitrogens with two attached hydrogens (primary N) is 1. The van der Waals surface area contributed by atoms with Crippen LogP contribution in [0.15, 0.2) is 75.2 Å². The number of nitrogen functional groups attached to an aromatic ring is 1. The number of phenols is 1. The van der Waals surface area contributed by atoms with Crippen molar-refractivity contribution in [3.63, 3.8) is 0 Å². The molecule has 4 rings (SSSR count). The molecule has 4 aromatic rings. The summed E-state index contributed by atoms with van der Waals surface area (Å²) in [5.41, 5.74) is 7.43. The maximum Gasteiger partial charge on any atom is 1.00 e. The normalized spacial score (nSPS) is 11.4. The van der Waals surface area contributed by atoms with E-state index in [1.165, 1.54) is 6.07 Å². The standard InChI is InChI=1S/C11H13N3O.C10H8O7S2.Na/c1-8-10(12)11(15)14(13(8)2)9-6-4-3-5-7-9;11-10-5-8(19(15,16)17)4-6-3-7(18(12,13)14)1-2-9(6)10;/h3-7H,12H2,1-2H3;1-5,11H,(H,12,13,14)(H,15,16,17);/q;;+1. The van der Waals surface area contributed by atoms with Gasteiger partial charge >= 0.3 is 29.6 Å². The fraction of sp³-hybridized carbons (Fsp3) is 0.0952. The maximum atomic E-state index is 11.8. The minimum absolute atomic E-state index is 0. The molecule has 0 fully saturated rings. The predicted molar refractivity (Wildman–Crippen MR) is 125 cm³/mol. The molecule has 1 heterocycles. The summed E-state index contributed by atoms with van der Waals surface area (Å²) in [6.45, 7) is 1.83. The maximum absolute atomic E-state index is 11.8. The van der Waals surface area contributed by atoms with Crippen molar-refractivity contribution >= 4 is 36.7 Å².